The molecule has 0 fully saturated rings. The van der Waals surface area contributed by atoms with Crippen LogP contribution in [-0.2, 0) is 0 Å². The molecule has 0 radical (unpaired) electrons. The van der Waals surface area contributed by atoms with Crippen LogP contribution in [0.2, 0.25) is 0 Å². The molecule has 7 nitrogen and oxygen atoms in total. The van der Waals surface area contributed by atoms with Crippen LogP contribution in [0.3, 0.4) is 0 Å². The van der Waals surface area contributed by atoms with Crippen molar-refractivity contribution in [3.63, 3.8) is 0 Å². The van der Waals surface area contributed by atoms with Gasteiger partial charge in [-0.3, -0.25) is 5.32 Å². The van der Waals surface area contributed by atoms with E-state index in [4.69, 9.17) is 14.0 Å². The van der Waals surface area contributed by atoms with Crippen LogP contribution in [0.15, 0.2) is 28.8 Å². The van der Waals surface area contributed by atoms with Gasteiger partial charge in [0.05, 0.1) is 13.7 Å². The quantitative estimate of drug-likeness (QED) is 0.801. The van der Waals surface area contributed by atoms with Crippen LogP contribution in [0.25, 0.3) is 0 Å². The molecule has 1 aromatic carbocycles. The molecule has 22 heavy (non-hydrogen) atoms. The van der Waals surface area contributed by atoms with Crippen LogP contribution >= 0.6 is 0 Å². The number of anilines is 1. The van der Waals surface area contributed by atoms with Gasteiger partial charge in [0.2, 0.25) is 0 Å². The summed E-state index contributed by atoms with van der Waals surface area (Å²) in [6.07, 6.45) is 0. The van der Waals surface area contributed by atoms with Crippen molar-refractivity contribution in [3.05, 3.63) is 35.6 Å². The Kier molecular flexibility index (Phi) is 5.24. The van der Waals surface area contributed by atoms with Gasteiger partial charge in [-0.1, -0.05) is 11.2 Å². The van der Waals surface area contributed by atoms with E-state index in [0.717, 1.165) is 5.56 Å². The molecule has 0 atom stereocenters. The number of amides is 2. The number of hydrogen-bond donors (Lipinski definition) is 2. The second-order valence-electron chi connectivity index (χ2n) is 4.71. The van der Waals surface area contributed by atoms with Crippen molar-refractivity contribution in [1.82, 2.24) is 10.5 Å². The van der Waals surface area contributed by atoms with Gasteiger partial charge in [-0.25, -0.2) is 4.79 Å². The Labute approximate surface area is 128 Å². The fraction of sp³-hybridized carbons (Fsp3) is 0.333. The number of methoxy groups -OCH3 is 1. The van der Waals surface area contributed by atoms with Gasteiger partial charge in [-0.05, 0) is 31.5 Å². The molecule has 0 saturated carbocycles. The van der Waals surface area contributed by atoms with E-state index in [-0.39, 0.29) is 6.03 Å². The monoisotopic (exact) mass is 305 g/mol. The SMILES string of the molecule is COc1cc(C)ccc1OCCNC(=O)Nc1cc(C)on1. The zero-order chi connectivity index (χ0) is 15.9. The minimum atomic E-state index is -0.368. The first kappa shape index (κ1) is 15.7. The Hall–Kier alpha value is -2.70. The van der Waals surface area contributed by atoms with Gasteiger partial charge in [-0.2, -0.15) is 0 Å². The van der Waals surface area contributed by atoms with Crippen molar-refractivity contribution >= 4 is 11.8 Å². The highest BCUT2D eigenvalue weighted by Gasteiger charge is 2.06. The Morgan fingerprint density at radius 3 is 2.77 bits per heavy atom. The van der Waals surface area contributed by atoms with Gasteiger partial charge in [-0.15, -0.1) is 0 Å². The summed E-state index contributed by atoms with van der Waals surface area (Å²) in [5.41, 5.74) is 1.09. The lowest BCUT2D eigenvalue weighted by Crippen LogP contribution is -2.32. The minimum Gasteiger partial charge on any atom is -0.493 e. The van der Waals surface area contributed by atoms with E-state index in [1.807, 2.05) is 25.1 Å². The largest absolute Gasteiger partial charge is 0.493 e. The van der Waals surface area contributed by atoms with Gasteiger partial charge in [0.1, 0.15) is 12.4 Å². The number of urea groups is 1. The average molecular weight is 305 g/mol. The van der Waals surface area contributed by atoms with Crippen LogP contribution < -0.4 is 20.1 Å². The molecular weight excluding hydrogens is 286 g/mol. The number of aromatic nitrogens is 1. The minimum absolute atomic E-state index is 0.324. The van der Waals surface area contributed by atoms with Crippen LogP contribution in [-0.4, -0.2) is 31.4 Å². The number of nitrogens with zero attached hydrogens (tertiary/aromatic N) is 1. The first-order valence-electron chi connectivity index (χ1n) is 6.84. The number of aryl methyl sites for hydroxylation is 2. The molecule has 1 heterocycles. The lowest BCUT2D eigenvalue weighted by atomic mass is 10.2. The highest BCUT2D eigenvalue weighted by Crippen LogP contribution is 2.27. The highest BCUT2D eigenvalue weighted by atomic mass is 16.5. The maximum atomic E-state index is 11.6. The molecular formula is C15H19N3O4. The molecule has 0 unspecified atom stereocenters. The molecule has 2 N–H and O–H groups in total. The van der Waals surface area contributed by atoms with Crippen LogP contribution in [0.1, 0.15) is 11.3 Å². The molecule has 7 heteroatoms. The predicted octanol–water partition coefficient (Wildman–Crippen LogP) is 2.50. The number of carbonyl (C=O) groups excluding carboxylic acids is 1. The van der Waals surface area contributed by atoms with Gasteiger partial charge < -0.3 is 19.3 Å². The van der Waals surface area contributed by atoms with Crippen molar-refractivity contribution in [2.75, 3.05) is 25.6 Å². The van der Waals surface area contributed by atoms with Crippen LogP contribution in [0.4, 0.5) is 10.6 Å². The Bertz CT molecular complexity index is 639. The van der Waals surface area contributed by atoms with Gasteiger partial charge in [0.15, 0.2) is 17.3 Å². The van der Waals surface area contributed by atoms with Crippen molar-refractivity contribution < 1.29 is 18.8 Å². The maximum absolute atomic E-state index is 11.6. The molecule has 0 saturated heterocycles. The number of rotatable bonds is 6. The van der Waals surface area contributed by atoms with E-state index in [1.165, 1.54) is 0 Å². The molecule has 0 aliphatic heterocycles. The molecule has 0 aliphatic carbocycles. The van der Waals surface area contributed by atoms with Gasteiger partial charge in [0, 0.05) is 6.07 Å². The Morgan fingerprint density at radius 2 is 2.09 bits per heavy atom. The maximum Gasteiger partial charge on any atom is 0.320 e. The summed E-state index contributed by atoms with van der Waals surface area (Å²) in [6.45, 7) is 4.40. The highest BCUT2D eigenvalue weighted by molar-refractivity contribution is 5.88. The predicted molar refractivity (Wildman–Crippen MR) is 81.5 cm³/mol. The molecule has 0 spiro atoms. The standard InChI is InChI=1S/C15H19N3O4/c1-10-4-5-12(13(8-10)20-3)21-7-6-16-15(19)17-14-9-11(2)22-18-14/h4-5,8-9H,6-7H2,1-3H3,(H2,16,17,18,19). The molecule has 2 amide bonds. The number of hydrogen-bond acceptors (Lipinski definition) is 5. The smallest absolute Gasteiger partial charge is 0.320 e. The second kappa shape index (κ2) is 7.35. The van der Waals surface area contributed by atoms with E-state index in [2.05, 4.69) is 15.8 Å². The Balaban J connectivity index is 1.74. The number of nitrogens with one attached hydrogen (secondary N) is 2. The van der Waals surface area contributed by atoms with Crippen molar-refractivity contribution in [1.29, 1.82) is 0 Å². The van der Waals surface area contributed by atoms with E-state index in [0.29, 0.717) is 36.2 Å². The summed E-state index contributed by atoms with van der Waals surface area (Å²) in [5.74, 6) is 2.31. The molecule has 2 aromatic rings. The van der Waals surface area contributed by atoms with Crippen molar-refractivity contribution in [2.24, 2.45) is 0 Å². The molecule has 0 aliphatic rings. The number of benzene rings is 1. The first-order valence-corrected chi connectivity index (χ1v) is 6.84. The Morgan fingerprint density at radius 1 is 1.27 bits per heavy atom. The topological polar surface area (TPSA) is 85.6 Å². The van der Waals surface area contributed by atoms with Gasteiger partial charge in [0.25, 0.3) is 0 Å². The summed E-state index contributed by atoms with van der Waals surface area (Å²) in [5, 5.41) is 8.89. The fourth-order valence-corrected chi connectivity index (χ4v) is 1.81. The summed E-state index contributed by atoms with van der Waals surface area (Å²) >= 11 is 0. The normalized spacial score (nSPS) is 10.1. The molecule has 0 bridgehead atoms. The summed E-state index contributed by atoms with van der Waals surface area (Å²) in [7, 11) is 1.59. The summed E-state index contributed by atoms with van der Waals surface area (Å²) in [6, 6.07) is 6.93. The molecule has 2 rings (SSSR count). The van der Waals surface area contributed by atoms with E-state index < -0.39 is 0 Å². The van der Waals surface area contributed by atoms with E-state index in [1.54, 1.807) is 20.1 Å². The molecule has 118 valence electrons. The van der Waals surface area contributed by atoms with Crippen molar-refractivity contribution in [2.45, 2.75) is 13.8 Å². The zero-order valence-corrected chi connectivity index (χ0v) is 12.8. The lowest BCUT2D eigenvalue weighted by molar-refractivity contribution is 0.246. The molecule has 1 aromatic heterocycles. The van der Waals surface area contributed by atoms with Gasteiger partial charge >= 0.3 is 6.03 Å². The second-order valence-corrected chi connectivity index (χ2v) is 4.71. The van der Waals surface area contributed by atoms with E-state index in [9.17, 15) is 4.79 Å². The van der Waals surface area contributed by atoms with Crippen molar-refractivity contribution in [3.8, 4) is 11.5 Å². The third-order valence-electron chi connectivity index (χ3n) is 2.83. The van der Waals surface area contributed by atoms with Crippen LogP contribution in [0.5, 0.6) is 11.5 Å². The number of ether oxygens (including phenoxy) is 2. The third-order valence-corrected chi connectivity index (χ3v) is 2.83. The summed E-state index contributed by atoms with van der Waals surface area (Å²) in [4.78, 5) is 11.6. The summed E-state index contributed by atoms with van der Waals surface area (Å²) < 4.78 is 15.7. The zero-order valence-electron chi connectivity index (χ0n) is 12.8. The van der Waals surface area contributed by atoms with E-state index >= 15 is 0 Å². The fourth-order valence-electron chi connectivity index (χ4n) is 1.81. The average Bonchev–Trinajstić information content (AvgIpc) is 2.89. The van der Waals surface area contributed by atoms with Crippen LogP contribution in [0, 0.1) is 13.8 Å². The number of carbonyl (C=O) groups is 1. The third kappa shape index (κ3) is 4.41. The first-order chi connectivity index (χ1) is 10.6. The lowest BCUT2D eigenvalue weighted by Gasteiger charge is -2.11.